The standard InChI is InChI=1S/C24H21F3N6O2/c1-12-8-14(4-5-28-12)19-11-33(6-7-35-19)24-30-20(15-9-17(26)18(27)10-16(15)25)21-22(31-24)23(34)32(3)13(2)29-21/h4-5,8-10,19H,6-7,11H2,1-3H3. The number of hydrogen-bond donors (Lipinski definition) is 0. The number of halogens is 3. The van der Waals surface area contributed by atoms with E-state index in [-0.39, 0.29) is 34.3 Å². The van der Waals surface area contributed by atoms with Crippen LogP contribution in [0.15, 0.2) is 35.3 Å². The third-order valence-electron chi connectivity index (χ3n) is 6.05. The number of ether oxygens (including phenoxy) is 1. The molecule has 5 rings (SSSR count). The number of pyridine rings is 1. The molecule has 35 heavy (non-hydrogen) atoms. The molecule has 3 aromatic heterocycles. The lowest BCUT2D eigenvalue weighted by Crippen LogP contribution is -2.39. The summed E-state index contributed by atoms with van der Waals surface area (Å²) in [5.41, 5.74) is 0.848. The van der Waals surface area contributed by atoms with Crippen molar-refractivity contribution in [2.75, 3.05) is 24.6 Å². The number of aryl methyl sites for hydroxylation is 2. The van der Waals surface area contributed by atoms with Crippen LogP contribution in [0.4, 0.5) is 19.1 Å². The Kier molecular flexibility index (Phi) is 5.72. The van der Waals surface area contributed by atoms with Gasteiger partial charge in [-0.3, -0.25) is 14.3 Å². The van der Waals surface area contributed by atoms with Crippen LogP contribution in [0.2, 0.25) is 0 Å². The molecular weight excluding hydrogens is 461 g/mol. The van der Waals surface area contributed by atoms with E-state index < -0.39 is 23.0 Å². The van der Waals surface area contributed by atoms with Crippen molar-refractivity contribution in [3.8, 4) is 11.3 Å². The van der Waals surface area contributed by atoms with Gasteiger partial charge >= 0.3 is 0 Å². The van der Waals surface area contributed by atoms with E-state index in [4.69, 9.17) is 4.74 Å². The third-order valence-corrected chi connectivity index (χ3v) is 6.05. The summed E-state index contributed by atoms with van der Waals surface area (Å²) in [4.78, 5) is 32.4. The monoisotopic (exact) mass is 482 g/mol. The van der Waals surface area contributed by atoms with E-state index in [1.807, 2.05) is 24.0 Å². The Morgan fingerprint density at radius 2 is 1.77 bits per heavy atom. The number of morpholine rings is 1. The Morgan fingerprint density at radius 3 is 2.54 bits per heavy atom. The van der Waals surface area contributed by atoms with Gasteiger partial charge in [0.2, 0.25) is 5.95 Å². The quantitative estimate of drug-likeness (QED) is 0.414. The second-order valence-electron chi connectivity index (χ2n) is 8.37. The van der Waals surface area contributed by atoms with E-state index in [0.29, 0.717) is 37.7 Å². The maximum Gasteiger partial charge on any atom is 0.279 e. The number of nitrogens with zero attached hydrogens (tertiary/aromatic N) is 6. The van der Waals surface area contributed by atoms with Crippen LogP contribution < -0.4 is 10.5 Å². The molecular formula is C24H21F3N6O2. The number of hydrogen-bond acceptors (Lipinski definition) is 7. The highest BCUT2D eigenvalue weighted by atomic mass is 19.2. The Hall–Kier alpha value is -3.86. The van der Waals surface area contributed by atoms with E-state index in [1.165, 1.54) is 4.57 Å². The molecule has 1 aliphatic rings. The van der Waals surface area contributed by atoms with E-state index in [9.17, 15) is 18.0 Å². The summed E-state index contributed by atoms with van der Waals surface area (Å²) in [6.07, 6.45) is 1.38. The predicted molar refractivity (Wildman–Crippen MR) is 123 cm³/mol. The minimum absolute atomic E-state index is 0.00817. The van der Waals surface area contributed by atoms with Crippen molar-refractivity contribution in [1.82, 2.24) is 24.5 Å². The van der Waals surface area contributed by atoms with Crippen LogP contribution in [0.1, 0.15) is 23.2 Å². The van der Waals surface area contributed by atoms with E-state index in [2.05, 4.69) is 19.9 Å². The summed E-state index contributed by atoms with van der Waals surface area (Å²) in [5.74, 6) is -3.12. The van der Waals surface area contributed by atoms with Crippen molar-refractivity contribution >= 4 is 17.0 Å². The van der Waals surface area contributed by atoms with Crippen LogP contribution in [0.3, 0.4) is 0 Å². The summed E-state index contributed by atoms with van der Waals surface area (Å²) in [6.45, 7) is 4.60. The Balaban J connectivity index is 1.68. The zero-order chi connectivity index (χ0) is 24.9. The van der Waals surface area contributed by atoms with Gasteiger partial charge in [0.05, 0.1) is 13.2 Å². The summed E-state index contributed by atoms with van der Waals surface area (Å²) >= 11 is 0. The second-order valence-corrected chi connectivity index (χ2v) is 8.37. The van der Waals surface area contributed by atoms with Gasteiger partial charge in [-0.05, 0) is 37.6 Å². The molecule has 1 fully saturated rings. The first-order valence-electron chi connectivity index (χ1n) is 10.9. The molecule has 0 bridgehead atoms. The van der Waals surface area contributed by atoms with Crippen LogP contribution in [0.5, 0.6) is 0 Å². The average Bonchev–Trinajstić information content (AvgIpc) is 2.85. The van der Waals surface area contributed by atoms with Gasteiger partial charge < -0.3 is 9.64 Å². The lowest BCUT2D eigenvalue weighted by molar-refractivity contribution is 0.0391. The highest BCUT2D eigenvalue weighted by Gasteiger charge is 2.27. The fourth-order valence-corrected chi connectivity index (χ4v) is 4.07. The van der Waals surface area contributed by atoms with Crippen molar-refractivity contribution in [2.24, 2.45) is 7.05 Å². The molecule has 180 valence electrons. The van der Waals surface area contributed by atoms with Crippen LogP contribution in [0.25, 0.3) is 22.3 Å². The number of fused-ring (bicyclic) bond motifs is 1. The molecule has 11 heteroatoms. The Labute approximate surface area is 198 Å². The molecule has 1 atom stereocenters. The Bertz CT molecular complexity index is 1520. The van der Waals surface area contributed by atoms with Crippen molar-refractivity contribution in [2.45, 2.75) is 20.0 Å². The number of aromatic nitrogens is 5. The molecule has 0 N–H and O–H groups in total. The zero-order valence-corrected chi connectivity index (χ0v) is 19.2. The van der Waals surface area contributed by atoms with Gasteiger partial charge in [-0.2, -0.15) is 0 Å². The molecule has 8 nitrogen and oxygen atoms in total. The van der Waals surface area contributed by atoms with Gasteiger partial charge in [0, 0.05) is 37.1 Å². The molecule has 1 aromatic carbocycles. The first-order valence-corrected chi connectivity index (χ1v) is 10.9. The van der Waals surface area contributed by atoms with Crippen LogP contribution in [-0.2, 0) is 11.8 Å². The van der Waals surface area contributed by atoms with Crippen molar-refractivity contribution < 1.29 is 17.9 Å². The lowest BCUT2D eigenvalue weighted by atomic mass is 10.1. The number of benzene rings is 1. The maximum absolute atomic E-state index is 14.8. The fraction of sp³-hybridized carbons (Fsp3) is 0.292. The summed E-state index contributed by atoms with van der Waals surface area (Å²) < 4.78 is 49.8. The first-order chi connectivity index (χ1) is 16.7. The van der Waals surface area contributed by atoms with Gasteiger partial charge in [0.1, 0.15) is 29.0 Å². The first kappa shape index (κ1) is 22.9. The molecule has 4 heterocycles. The smallest absolute Gasteiger partial charge is 0.279 e. The fourth-order valence-electron chi connectivity index (χ4n) is 4.07. The molecule has 1 saturated heterocycles. The van der Waals surface area contributed by atoms with Gasteiger partial charge in [-0.15, -0.1) is 0 Å². The highest BCUT2D eigenvalue weighted by Crippen LogP contribution is 2.31. The van der Waals surface area contributed by atoms with Gasteiger partial charge in [0.25, 0.3) is 5.56 Å². The minimum atomic E-state index is -1.33. The van der Waals surface area contributed by atoms with Crippen LogP contribution in [0, 0.1) is 31.3 Å². The highest BCUT2D eigenvalue weighted by molar-refractivity contribution is 5.89. The summed E-state index contributed by atoms with van der Waals surface area (Å²) in [6, 6.07) is 4.93. The molecule has 1 unspecified atom stereocenters. The molecule has 0 saturated carbocycles. The normalized spacial score (nSPS) is 16.2. The zero-order valence-electron chi connectivity index (χ0n) is 19.2. The maximum atomic E-state index is 14.8. The van der Waals surface area contributed by atoms with Crippen molar-refractivity contribution in [3.63, 3.8) is 0 Å². The lowest BCUT2D eigenvalue weighted by Gasteiger charge is -2.33. The Morgan fingerprint density at radius 1 is 1.00 bits per heavy atom. The molecule has 1 aliphatic heterocycles. The van der Waals surface area contributed by atoms with E-state index in [1.54, 1.807) is 20.2 Å². The van der Waals surface area contributed by atoms with Crippen molar-refractivity contribution in [3.05, 3.63) is 75.3 Å². The van der Waals surface area contributed by atoms with E-state index in [0.717, 1.165) is 11.3 Å². The molecule has 0 radical (unpaired) electrons. The topological polar surface area (TPSA) is 86.0 Å². The summed E-state index contributed by atoms with van der Waals surface area (Å²) in [7, 11) is 1.54. The summed E-state index contributed by atoms with van der Waals surface area (Å²) in [5, 5.41) is 0. The molecule has 0 amide bonds. The van der Waals surface area contributed by atoms with E-state index >= 15 is 0 Å². The minimum Gasteiger partial charge on any atom is -0.370 e. The number of anilines is 1. The van der Waals surface area contributed by atoms with Crippen molar-refractivity contribution in [1.29, 1.82) is 0 Å². The van der Waals surface area contributed by atoms with Crippen LogP contribution >= 0.6 is 0 Å². The largest absolute Gasteiger partial charge is 0.370 e. The van der Waals surface area contributed by atoms with Gasteiger partial charge in [0.15, 0.2) is 17.2 Å². The molecule has 4 aromatic rings. The molecule has 0 spiro atoms. The number of rotatable bonds is 3. The van der Waals surface area contributed by atoms with Gasteiger partial charge in [-0.1, -0.05) is 0 Å². The average molecular weight is 482 g/mol. The van der Waals surface area contributed by atoms with Crippen LogP contribution in [-0.4, -0.2) is 44.2 Å². The third kappa shape index (κ3) is 4.12. The molecule has 0 aliphatic carbocycles. The predicted octanol–water partition coefficient (Wildman–Crippen LogP) is 3.40. The SMILES string of the molecule is Cc1cc(C2CN(c3nc(-c4cc(F)c(F)cc4F)c4nc(C)n(C)c(=O)c4n3)CCO2)ccn1. The second kappa shape index (κ2) is 8.73. The van der Waals surface area contributed by atoms with Gasteiger partial charge in [-0.25, -0.2) is 28.1 Å².